The van der Waals surface area contributed by atoms with Gasteiger partial charge in [0, 0.05) is 49.6 Å². The highest BCUT2D eigenvalue weighted by atomic mass is 16.5. The van der Waals surface area contributed by atoms with Crippen LogP contribution in [0, 0.1) is 0 Å². The fourth-order valence-corrected chi connectivity index (χ4v) is 2.41. The van der Waals surface area contributed by atoms with E-state index in [0.717, 1.165) is 13.0 Å². The average Bonchev–Trinajstić information content (AvgIpc) is 3.33. The van der Waals surface area contributed by atoms with Crippen LogP contribution >= 0.6 is 0 Å². The molecule has 8 nitrogen and oxygen atoms in total. The number of hydrogen-bond donors (Lipinski definition) is 2. The molecule has 0 atom stereocenters. The summed E-state index contributed by atoms with van der Waals surface area (Å²) in [5.74, 6) is 0.704. The van der Waals surface area contributed by atoms with Crippen LogP contribution < -0.4 is 15.4 Å². The first-order chi connectivity index (χ1) is 12.8. The van der Waals surface area contributed by atoms with E-state index in [0.29, 0.717) is 31.1 Å². The van der Waals surface area contributed by atoms with Crippen LogP contribution in [0.3, 0.4) is 0 Å². The third-order valence-electron chi connectivity index (χ3n) is 3.68. The highest BCUT2D eigenvalue weighted by Crippen LogP contribution is 2.17. The molecule has 26 heavy (non-hydrogen) atoms. The Morgan fingerprint density at radius 1 is 1.15 bits per heavy atom. The van der Waals surface area contributed by atoms with Gasteiger partial charge in [-0.3, -0.25) is 4.68 Å². The number of nitrogens with zero attached hydrogens (tertiary/aromatic N) is 4. The molecule has 0 aliphatic carbocycles. The van der Waals surface area contributed by atoms with E-state index in [1.807, 2.05) is 41.2 Å². The van der Waals surface area contributed by atoms with E-state index in [1.165, 1.54) is 0 Å². The van der Waals surface area contributed by atoms with E-state index < -0.39 is 0 Å². The highest BCUT2D eigenvalue weighted by Gasteiger charge is 2.03. The normalized spacial score (nSPS) is 10.5. The molecule has 2 aromatic heterocycles. The van der Waals surface area contributed by atoms with Crippen molar-refractivity contribution in [3.8, 4) is 5.75 Å². The molecule has 0 aliphatic heterocycles. The number of imidazole rings is 1. The Bertz CT molecular complexity index is 786. The van der Waals surface area contributed by atoms with Gasteiger partial charge in [-0.25, -0.2) is 9.78 Å². The summed E-state index contributed by atoms with van der Waals surface area (Å²) in [6.45, 7) is 2.58. The molecule has 0 spiro atoms. The smallest absolute Gasteiger partial charge is 0.319 e. The fraction of sp³-hybridized carbons (Fsp3) is 0.278. The number of rotatable bonds is 9. The van der Waals surface area contributed by atoms with Crippen molar-refractivity contribution in [2.45, 2.75) is 19.5 Å². The Labute approximate surface area is 151 Å². The largest absolute Gasteiger partial charge is 0.492 e. The van der Waals surface area contributed by atoms with Gasteiger partial charge in [0.1, 0.15) is 12.4 Å². The minimum atomic E-state index is -0.232. The second kappa shape index (κ2) is 9.26. The summed E-state index contributed by atoms with van der Waals surface area (Å²) < 4.78 is 9.48. The van der Waals surface area contributed by atoms with Gasteiger partial charge in [0.05, 0.1) is 12.9 Å². The summed E-state index contributed by atoms with van der Waals surface area (Å²) in [5, 5.41) is 9.77. The minimum absolute atomic E-state index is 0.232. The molecule has 2 heterocycles. The Morgan fingerprint density at radius 2 is 2.12 bits per heavy atom. The maximum absolute atomic E-state index is 12.0. The molecule has 0 saturated carbocycles. The van der Waals surface area contributed by atoms with Crippen molar-refractivity contribution in [1.29, 1.82) is 0 Å². The van der Waals surface area contributed by atoms with Gasteiger partial charge in [0.25, 0.3) is 0 Å². The average molecular weight is 354 g/mol. The molecule has 1 aromatic carbocycles. The van der Waals surface area contributed by atoms with Crippen molar-refractivity contribution in [3.63, 3.8) is 0 Å². The van der Waals surface area contributed by atoms with Gasteiger partial charge in [-0.15, -0.1) is 0 Å². The van der Waals surface area contributed by atoms with Gasteiger partial charge in [0.2, 0.25) is 0 Å². The number of aryl methyl sites for hydroxylation is 1. The van der Waals surface area contributed by atoms with Crippen LogP contribution in [0.2, 0.25) is 0 Å². The van der Waals surface area contributed by atoms with Gasteiger partial charge in [-0.05, 0) is 24.6 Å². The third-order valence-corrected chi connectivity index (χ3v) is 3.68. The predicted molar refractivity (Wildman–Crippen MR) is 98.0 cm³/mol. The molecule has 0 fully saturated rings. The molecule has 8 heteroatoms. The maximum Gasteiger partial charge on any atom is 0.319 e. The SMILES string of the molecule is O=C(NCCCn1ccnc1)Nc1cccc(OCCn2cccn2)c1. The van der Waals surface area contributed by atoms with Crippen molar-refractivity contribution >= 4 is 11.7 Å². The first-order valence-electron chi connectivity index (χ1n) is 8.50. The van der Waals surface area contributed by atoms with Crippen molar-refractivity contribution in [1.82, 2.24) is 24.6 Å². The van der Waals surface area contributed by atoms with Crippen LogP contribution in [0.15, 0.2) is 61.4 Å². The summed E-state index contributed by atoms with van der Waals surface area (Å²) in [6.07, 6.45) is 9.86. The topological polar surface area (TPSA) is 86.0 Å². The van der Waals surface area contributed by atoms with Crippen molar-refractivity contribution < 1.29 is 9.53 Å². The molecule has 0 saturated heterocycles. The lowest BCUT2D eigenvalue weighted by Crippen LogP contribution is -2.30. The summed E-state index contributed by atoms with van der Waals surface area (Å²) in [4.78, 5) is 15.9. The van der Waals surface area contributed by atoms with Crippen molar-refractivity contribution in [3.05, 3.63) is 61.4 Å². The van der Waals surface area contributed by atoms with Gasteiger partial charge < -0.3 is 19.9 Å². The zero-order valence-corrected chi connectivity index (χ0v) is 14.4. The number of nitrogens with one attached hydrogen (secondary N) is 2. The zero-order valence-electron chi connectivity index (χ0n) is 14.4. The molecule has 0 radical (unpaired) electrons. The van der Waals surface area contributed by atoms with Crippen LogP contribution in [0.25, 0.3) is 0 Å². The van der Waals surface area contributed by atoms with E-state index in [2.05, 4.69) is 20.7 Å². The quantitative estimate of drug-likeness (QED) is 0.578. The van der Waals surface area contributed by atoms with Gasteiger partial charge in [-0.1, -0.05) is 6.07 Å². The lowest BCUT2D eigenvalue weighted by molar-refractivity contribution is 0.252. The Kier molecular flexibility index (Phi) is 6.24. The number of carbonyl (C=O) groups excluding carboxylic acids is 1. The first kappa shape index (κ1) is 17.5. The molecule has 3 rings (SSSR count). The second-order valence-corrected chi connectivity index (χ2v) is 5.68. The third kappa shape index (κ3) is 5.66. The number of aromatic nitrogens is 4. The minimum Gasteiger partial charge on any atom is -0.492 e. The molecule has 2 amide bonds. The number of ether oxygens (including phenoxy) is 1. The van der Waals surface area contributed by atoms with Gasteiger partial charge in [0.15, 0.2) is 0 Å². The Hall–Kier alpha value is -3.29. The summed E-state index contributed by atoms with van der Waals surface area (Å²) >= 11 is 0. The number of benzene rings is 1. The molecular weight excluding hydrogens is 332 g/mol. The molecule has 0 bridgehead atoms. The summed E-state index contributed by atoms with van der Waals surface area (Å²) in [5.41, 5.74) is 0.689. The van der Waals surface area contributed by atoms with E-state index >= 15 is 0 Å². The van der Waals surface area contributed by atoms with Crippen molar-refractivity contribution in [2.75, 3.05) is 18.5 Å². The van der Waals surface area contributed by atoms with Crippen LogP contribution in [0.4, 0.5) is 10.5 Å². The lowest BCUT2D eigenvalue weighted by Gasteiger charge is -2.10. The second-order valence-electron chi connectivity index (χ2n) is 5.68. The molecular formula is C18H22N6O2. The van der Waals surface area contributed by atoms with Crippen molar-refractivity contribution in [2.24, 2.45) is 0 Å². The fourth-order valence-electron chi connectivity index (χ4n) is 2.41. The van der Waals surface area contributed by atoms with Crippen LogP contribution in [0.5, 0.6) is 5.75 Å². The molecule has 0 aliphatic rings. The lowest BCUT2D eigenvalue weighted by atomic mass is 10.3. The monoisotopic (exact) mass is 354 g/mol. The summed E-state index contributed by atoms with van der Waals surface area (Å²) in [6, 6.07) is 8.97. The van der Waals surface area contributed by atoms with E-state index in [1.54, 1.807) is 29.5 Å². The highest BCUT2D eigenvalue weighted by molar-refractivity contribution is 5.89. The molecule has 0 unspecified atom stereocenters. The molecule has 136 valence electrons. The first-order valence-corrected chi connectivity index (χ1v) is 8.50. The van der Waals surface area contributed by atoms with E-state index in [-0.39, 0.29) is 6.03 Å². The zero-order chi connectivity index (χ0) is 18.0. The number of urea groups is 1. The number of carbonyl (C=O) groups is 1. The summed E-state index contributed by atoms with van der Waals surface area (Å²) in [7, 11) is 0. The predicted octanol–water partition coefficient (Wildman–Crippen LogP) is 2.37. The standard InChI is InChI=1S/C18H22N6O2/c25-18(20-6-2-9-23-11-8-19-15-23)22-16-4-1-5-17(14-16)26-13-12-24-10-3-7-21-24/h1,3-5,7-8,10-11,14-15H,2,6,9,12-13H2,(H2,20,22,25). The van der Waals surface area contributed by atoms with Gasteiger partial charge >= 0.3 is 6.03 Å². The van der Waals surface area contributed by atoms with Crippen LogP contribution in [-0.2, 0) is 13.1 Å². The number of anilines is 1. The van der Waals surface area contributed by atoms with Gasteiger partial charge in [-0.2, -0.15) is 5.10 Å². The van der Waals surface area contributed by atoms with E-state index in [4.69, 9.17) is 4.74 Å². The van der Waals surface area contributed by atoms with Crippen LogP contribution in [0.1, 0.15) is 6.42 Å². The molecule has 2 N–H and O–H groups in total. The van der Waals surface area contributed by atoms with E-state index in [9.17, 15) is 4.79 Å². The number of amides is 2. The maximum atomic E-state index is 12.0. The Balaban J connectivity index is 1.37. The Morgan fingerprint density at radius 3 is 2.92 bits per heavy atom. The number of hydrogen-bond acceptors (Lipinski definition) is 4. The molecule has 3 aromatic rings. The van der Waals surface area contributed by atoms with Crippen LogP contribution in [-0.4, -0.2) is 38.5 Å².